The molecule has 0 aromatic heterocycles. The highest BCUT2D eigenvalue weighted by molar-refractivity contribution is 9.09. The van der Waals surface area contributed by atoms with Gasteiger partial charge < -0.3 is 5.32 Å². The molecule has 0 heterocycles. The number of carbonyl (C=O) groups excluding carboxylic acids is 1. The smallest absolute Gasteiger partial charge is 0.223 e. The molecule has 1 amide bonds. The van der Waals surface area contributed by atoms with Crippen LogP contribution in [0.4, 0.5) is 0 Å². The quantitative estimate of drug-likeness (QED) is 0.791. The maximum Gasteiger partial charge on any atom is 0.223 e. The Morgan fingerprint density at radius 2 is 1.72 bits per heavy atom. The van der Waals surface area contributed by atoms with Crippen LogP contribution in [0, 0.1) is 23.2 Å². The summed E-state index contributed by atoms with van der Waals surface area (Å²) in [7, 11) is 0. The fourth-order valence-corrected chi connectivity index (χ4v) is 5.02. The van der Waals surface area contributed by atoms with Crippen LogP contribution in [0.2, 0.25) is 0 Å². The molecule has 18 heavy (non-hydrogen) atoms. The van der Waals surface area contributed by atoms with Gasteiger partial charge in [0.2, 0.25) is 5.91 Å². The molecule has 0 aromatic carbocycles. The molecule has 0 saturated heterocycles. The Bertz CT molecular complexity index is 312. The fourth-order valence-electron chi connectivity index (χ4n) is 4.26. The van der Waals surface area contributed by atoms with Crippen LogP contribution in [0.5, 0.6) is 0 Å². The van der Waals surface area contributed by atoms with Crippen molar-refractivity contribution in [3.8, 4) is 0 Å². The molecule has 0 aliphatic heterocycles. The molecule has 0 bridgehead atoms. The third-order valence-electron chi connectivity index (χ3n) is 5.54. The summed E-state index contributed by atoms with van der Waals surface area (Å²) in [6.07, 6.45) is 10.5. The van der Waals surface area contributed by atoms with Gasteiger partial charge in [0.05, 0.1) is 0 Å². The standard InChI is InChI=1S/C15H24BrNO/c16-9-15(7-3-4-8-15)10-17-14(18)13-11-5-1-2-6-12(11)13/h11-13H,1-10H2,(H,17,18). The number of carbonyl (C=O) groups is 1. The number of amides is 1. The van der Waals surface area contributed by atoms with Crippen molar-refractivity contribution in [3.63, 3.8) is 0 Å². The average molecular weight is 314 g/mol. The highest BCUT2D eigenvalue weighted by Crippen LogP contribution is 2.55. The summed E-state index contributed by atoms with van der Waals surface area (Å²) in [6, 6.07) is 0. The van der Waals surface area contributed by atoms with Crippen molar-refractivity contribution in [1.82, 2.24) is 5.32 Å². The van der Waals surface area contributed by atoms with Gasteiger partial charge in [-0.3, -0.25) is 4.79 Å². The highest BCUT2D eigenvalue weighted by atomic mass is 79.9. The number of hydrogen-bond donors (Lipinski definition) is 1. The van der Waals surface area contributed by atoms with Crippen LogP contribution < -0.4 is 5.32 Å². The minimum absolute atomic E-state index is 0.357. The fraction of sp³-hybridized carbons (Fsp3) is 0.933. The van der Waals surface area contributed by atoms with Gasteiger partial charge >= 0.3 is 0 Å². The third-order valence-corrected chi connectivity index (χ3v) is 6.73. The predicted molar refractivity (Wildman–Crippen MR) is 76.6 cm³/mol. The van der Waals surface area contributed by atoms with Gasteiger partial charge in [-0.1, -0.05) is 41.6 Å². The Morgan fingerprint density at radius 1 is 1.11 bits per heavy atom. The molecular formula is C15H24BrNO. The number of fused-ring (bicyclic) bond motifs is 1. The van der Waals surface area contributed by atoms with E-state index in [1.54, 1.807) is 0 Å². The van der Waals surface area contributed by atoms with Crippen molar-refractivity contribution in [2.24, 2.45) is 23.2 Å². The number of halogens is 1. The van der Waals surface area contributed by atoms with Crippen LogP contribution in [-0.2, 0) is 4.79 Å². The van der Waals surface area contributed by atoms with Gasteiger partial charge in [-0.15, -0.1) is 0 Å². The molecule has 3 aliphatic rings. The van der Waals surface area contributed by atoms with Crippen LogP contribution in [-0.4, -0.2) is 17.8 Å². The normalized spacial score (nSPS) is 37.1. The largest absolute Gasteiger partial charge is 0.355 e. The van der Waals surface area contributed by atoms with Crippen LogP contribution in [0.25, 0.3) is 0 Å². The van der Waals surface area contributed by atoms with Gasteiger partial charge in [0, 0.05) is 17.8 Å². The molecule has 3 saturated carbocycles. The topological polar surface area (TPSA) is 29.1 Å². The zero-order chi connectivity index (χ0) is 12.6. The molecule has 2 nitrogen and oxygen atoms in total. The second-order valence-electron chi connectivity index (χ2n) is 6.70. The predicted octanol–water partition coefficient (Wildman–Crippen LogP) is 3.49. The van der Waals surface area contributed by atoms with Crippen molar-refractivity contribution in [2.75, 3.05) is 11.9 Å². The molecule has 2 unspecified atom stereocenters. The second-order valence-corrected chi connectivity index (χ2v) is 7.26. The van der Waals surface area contributed by atoms with E-state index in [1.165, 1.54) is 51.4 Å². The second kappa shape index (κ2) is 5.15. The summed E-state index contributed by atoms with van der Waals surface area (Å²) < 4.78 is 0. The van der Waals surface area contributed by atoms with Gasteiger partial charge in [-0.05, 0) is 42.9 Å². The van der Waals surface area contributed by atoms with Crippen molar-refractivity contribution in [3.05, 3.63) is 0 Å². The minimum atomic E-state index is 0.357. The summed E-state index contributed by atoms with van der Waals surface area (Å²) in [6.45, 7) is 0.896. The Hall–Kier alpha value is -0.0500. The summed E-state index contributed by atoms with van der Waals surface area (Å²) in [4.78, 5) is 12.3. The van der Waals surface area contributed by atoms with E-state index in [4.69, 9.17) is 0 Å². The van der Waals surface area contributed by atoms with E-state index in [9.17, 15) is 4.79 Å². The zero-order valence-corrected chi connectivity index (χ0v) is 12.7. The van der Waals surface area contributed by atoms with Crippen molar-refractivity contribution in [1.29, 1.82) is 0 Å². The maximum absolute atomic E-state index is 12.3. The van der Waals surface area contributed by atoms with E-state index >= 15 is 0 Å². The van der Waals surface area contributed by atoms with Crippen molar-refractivity contribution in [2.45, 2.75) is 51.4 Å². The summed E-state index contributed by atoms with van der Waals surface area (Å²) in [5.41, 5.74) is 0.357. The van der Waals surface area contributed by atoms with Crippen LogP contribution in [0.1, 0.15) is 51.4 Å². The molecule has 0 radical (unpaired) electrons. The van der Waals surface area contributed by atoms with Gasteiger partial charge in [0.1, 0.15) is 0 Å². The molecule has 3 rings (SSSR count). The molecule has 0 spiro atoms. The molecule has 102 valence electrons. The molecule has 3 heteroatoms. The van der Waals surface area contributed by atoms with Crippen molar-refractivity contribution < 1.29 is 4.79 Å². The Kier molecular flexibility index (Phi) is 3.70. The molecular weight excluding hydrogens is 290 g/mol. The first-order valence-corrected chi connectivity index (χ1v) is 8.72. The minimum Gasteiger partial charge on any atom is -0.355 e. The van der Waals surface area contributed by atoms with Crippen LogP contribution in [0.15, 0.2) is 0 Å². The Labute approximate surface area is 118 Å². The SMILES string of the molecule is O=C(NCC1(CBr)CCCC1)C1C2CCCCC21. The Balaban J connectivity index is 1.50. The number of rotatable bonds is 4. The van der Waals surface area contributed by atoms with Crippen LogP contribution >= 0.6 is 15.9 Å². The van der Waals surface area contributed by atoms with E-state index in [-0.39, 0.29) is 0 Å². The average Bonchev–Trinajstić information content (AvgIpc) is 2.95. The number of nitrogens with one attached hydrogen (secondary N) is 1. The zero-order valence-electron chi connectivity index (χ0n) is 11.1. The molecule has 3 fully saturated rings. The summed E-state index contributed by atoms with van der Waals surface area (Å²) in [5.74, 6) is 2.21. The molecule has 2 atom stereocenters. The van der Waals surface area contributed by atoms with Crippen LogP contribution in [0.3, 0.4) is 0 Å². The van der Waals surface area contributed by atoms with Crippen molar-refractivity contribution >= 4 is 21.8 Å². The molecule has 1 N–H and O–H groups in total. The first-order chi connectivity index (χ1) is 8.76. The number of alkyl halides is 1. The molecule has 3 aliphatic carbocycles. The number of hydrogen-bond acceptors (Lipinski definition) is 1. The lowest BCUT2D eigenvalue weighted by atomic mass is 9.89. The summed E-state index contributed by atoms with van der Waals surface area (Å²) >= 11 is 3.65. The van der Waals surface area contributed by atoms with E-state index in [0.717, 1.165) is 23.7 Å². The van der Waals surface area contributed by atoms with E-state index in [2.05, 4.69) is 21.2 Å². The van der Waals surface area contributed by atoms with Gasteiger partial charge in [0.15, 0.2) is 0 Å². The van der Waals surface area contributed by atoms with E-state index in [0.29, 0.717) is 17.2 Å². The maximum atomic E-state index is 12.3. The van der Waals surface area contributed by atoms with Gasteiger partial charge in [-0.25, -0.2) is 0 Å². The third kappa shape index (κ3) is 2.35. The van der Waals surface area contributed by atoms with E-state index < -0.39 is 0 Å². The molecule has 0 aromatic rings. The monoisotopic (exact) mass is 313 g/mol. The lowest BCUT2D eigenvalue weighted by Gasteiger charge is -2.26. The van der Waals surface area contributed by atoms with Gasteiger partial charge in [-0.2, -0.15) is 0 Å². The lowest BCUT2D eigenvalue weighted by molar-refractivity contribution is -0.123. The highest BCUT2D eigenvalue weighted by Gasteiger charge is 2.54. The van der Waals surface area contributed by atoms with Gasteiger partial charge in [0.25, 0.3) is 0 Å². The Morgan fingerprint density at radius 3 is 2.28 bits per heavy atom. The first kappa shape index (κ1) is 13.0. The summed E-state index contributed by atoms with van der Waals surface area (Å²) in [5, 5.41) is 4.31. The first-order valence-electron chi connectivity index (χ1n) is 7.59. The lowest BCUT2D eigenvalue weighted by Crippen LogP contribution is -2.38. The van der Waals surface area contributed by atoms with E-state index in [1.807, 2.05) is 0 Å².